The van der Waals surface area contributed by atoms with Crippen molar-refractivity contribution in [2.75, 3.05) is 11.1 Å². The van der Waals surface area contributed by atoms with Crippen molar-refractivity contribution in [3.63, 3.8) is 0 Å². The lowest BCUT2D eigenvalue weighted by molar-refractivity contribution is 0.255. The fourth-order valence-electron chi connectivity index (χ4n) is 1.61. The van der Waals surface area contributed by atoms with Crippen LogP contribution in [0.4, 0.5) is 16.2 Å². The normalized spacial score (nSPS) is 15.3. The van der Waals surface area contributed by atoms with Crippen LogP contribution in [-0.4, -0.2) is 6.03 Å². The van der Waals surface area contributed by atoms with Crippen LogP contribution in [0.15, 0.2) is 30.0 Å². The molecule has 2 rings (SSSR count). The Morgan fingerprint density at radius 2 is 2.22 bits per heavy atom. The third-order valence-electron chi connectivity index (χ3n) is 2.91. The Morgan fingerprint density at radius 1 is 1.50 bits per heavy atom. The molecule has 96 valence electrons. The number of nitrogen functional groups attached to an aromatic ring is 1. The summed E-state index contributed by atoms with van der Waals surface area (Å²) in [5.41, 5.74) is 7.90. The van der Waals surface area contributed by atoms with Crippen molar-refractivity contribution in [2.24, 2.45) is 5.92 Å². The molecule has 0 saturated heterocycles. The van der Waals surface area contributed by atoms with E-state index in [-0.39, 0.29) is 6.03 Å². The van der Waals surface area contributed by atoms with Gasteiger partial charge in [-0.15, -0.1) is 0 Å². The predicted molar refractivity (Wildman–Crippen MR) is 74.5 cm³/mol. The molecule has 2 amide bonds. The zero-order valence-corrected chi connectivity index (χ0v) is 10.9. The monoisotopic (exact) mass is 265 g/mol. The number of halogens is 1. The van der Waals surface area contributed by atoms with Crippen molar-refractivity contribution in [2.45, 2.75) is 19.8 Å². The second-order valence-corrected chi connectivity index (χ2v) is 4.90. The standard InChI is InChI=1S/C13H16ClN3O/c1-8(9-2-3-9)7-16-13(18)17-10-4-5-12(15)11(14)6-10/h4-7,9H,2-3,15H2,1H3,(H2,16,17,18)/b8-7+. The fraction of sp³-hybridized carbons (Fsp3) is 0.308. The summed E-state index contributed by atoms with van der Waals surface area (Å²) in [5, 5.41) is 5.82. The van der Waals surface area contributed by atoms with Crippen molar-refractivity contribution in [1.29, 1.82) is 0 Å². The molecule has 1 fully saturated rings. The molecule has 1 aliphatic carbocycles. The first-order valence-electron chi connectivity index (χ1n) is 5.85. The second-order valence-electron chi connectivity index (χ2n) is 4.50. The van der Waals surface area contributed by atoms with Gasteiger partial charge in [0, 0.05) is 11.9 Å². The predicted octanol–water partition coefficient (Wildman–Crippen LogP) is 3.36. The van der Waals surface area contributed by atoms with Gasteiger partial charge in [0.2, 0.25) is 0 Å². The highest BCUT2D eigenvalue weighted by atomic mass is 35.5. The maximum atomic E-state index is 11.6. The van der Waals surface area contributed by atoms with Crippen LogP contribution < -0.4 is 16.4 Å². The third-order valence-corrected chi connectivity index (χ3v) is 3.24. The molecule has 4 N–H and O–H groups in total. The van der Waals surface area contributed by atoms with Crippen LogP contribution in [0.25, 0.3) is 0 Å². The van der Waals surface area contributed by atoms with E-state index in [1.165, 1.54) is 18.4 Å². The Bertz CT molecular complexity index is 495. The van der Waals surface area contributed by atoms with E-state index in [0.29, 0.717) is 22.3 Å². The van der Waals surface area contributed by atoms with Gasteiger partial charge in [-0.25, -0.2) is 4.79 Å². The average Bonchev–Trinajstić information content (AvgIpc) is 3.15. The number of carbonyl (C=O) groups is 1. The van der Waals surface area contributed by atoms with Crippen molar-refractivity contribution in [1.82, 2.24) is 5.32 Å². The lowest BCUT2D eigenvalue weighted by Gasteiger charge is -2.07. The van der Waals surface area contributed by atoms with Gasteiger partial charge in [-0.05, 0) is 43.9 Å². The van der Waals surface area contributed by atoms with Crippen molar-refractivity contribution in [3.8, 4) is 0 Å². The first-order chi connectivity index (χ1) is 8.56. The molecule has 18 heavy (non-hydrogen) atoms. The summed E-state index contributed by atoms with van der Waals surface area (Å²) in [4.78, 5) is 11.6. The molecule has 1 aliphatic rings. The quantitative estimate of drug-likeness (QED) is 0.734. The van der Waals surface area contributed by atoms with Crippen molar-refractivity contribution in [3.05, 3.63) is 35.0 Å². The molecule has 0 unspecified atom stereocenters. The minimum absolute atomic E-state index is 0.282. The summed E-state index contributed by atoms with van der Waals surface area (Å²) in [5.74, 6) is 0.649. The van der Waals surface area contributed by atoms with Crippen LogP contribution in [0.5, 0.6) is 0 Å². The number of hydrogen-bond acceptors (Lipinski definition) is 2. The number of anilines is 2. The number of benzene rings is 1. The molecule has 1 aromatic carbocycles. The number of nitrogens with two attached hydrogens (primary N) is 1. The molecule has 1 saturated carbocycles. The van der Waals surface area contributed by atoms with E-state index in [1.807, 2.05) is 6.92 Å². The summed E-state index contributed by atoms with van der Waals surface area (Å²) >= 11 is 5.87. The van der Waals surface area contributed by atoms with Gasteiger partial charge in [-0.3, -0.25) is 0 Å². The summed E-state index contributed by atoms with van der Waals surface area (Å²) in [6, 6.07) is 4.70. The zero-order chi connectivity index (χ0) is 13.1. The number of amides is 2. The average molecular weight is 266 g/mol. The second kappa shape index (κ2) is 5.31. The van der Waals surface area contributed by atoms with E-state index in [1.54, 1.807) is 24.4 Å². The van der Waals surface area contributed by atoms with Crippen LogP contribution >= 0.6 is 11.6 Å². The SMILES string of the molecule is C/C(=C\NC(=O)Nc1ccc(N)c(Cl)c1)C1CC1. The number of nitrogens with one attached hydrogen (secondary N) is 2. The Hall–Kier alpha value is -1.68. The number of rotatable bonds is 3. The van der Waals surface area contributed by atoms with Crippen LogP contribution in [0, 0.1) is 5.92 Å². The maximum absolute atomic E-state index is 11.6. The number of hydrogen-bond donors (Lipinski definition) is 3. The fourth-order valence-corrected chi connectivity index (χ4v) is 1.79. The molecule has 0 atom stereocenters. The smallest absolute Gasteiger partial charge is 0.323 e. The molecule has 0 bridgehead atoms. The Balaban J connectivity index is 1.90. The molecular weight excluding hydrogens is 250 g/mol. The largest absolute Gasteiger partial charge is 0.398 e. The number of carbonyl (C=O) groups excluding carboxylic acids is 1. The molecule has 4 nitrogen and oxygen atoms in total. The number of urea groups is 1. The van der Waals surface area contributed by atoms with Crippen molar-refractivity contribution >= 4 is 29.0 Å². The van der Waals surface area contributed by atoms with E-state index in [9.17, 15) is 4.79 Å². The Labute approximate surface area is 111 Å². The molecule has 0 aromatic heterocycles. The van der Waals surface area contributed by atoms with Crippen LogP contribution in [-0.2, 0) is 0 Å². The van der Waals surface area contributed by atoms with Gasteiger partial charge < -0.3 is 16.4 Å². The molecule has 0 aliphatic heterocycles. The van der Waals surface area contributed by atoms with Gasteiger partial charge in [0.15, 0.2) is 0 Å². The van der Waals surface area contributed by atoms with Gasteiger partial charge in [0.25, 0.3) is 0 Å². The first kappa shape index (κ1) is 12.8. The summed E-state index contributed by atoms with van der Waals surface area (Å²) in [6.07, 6.45) is 4.20. The lowest BCUT2D eigenvalue weighted by atomic mass is 10.2. The maximum Gasteiger partial charge on any atom is 0.323 e. The summed E-state index contributed by atoms with van der Waals surface area (Å²) in [6.45, 7) is 2.03. The van der Waals surface area contributed by atoms with E-state index in [4.69, 9.17) is 17.3 Å². The highest BCUT2D eigenvalue weighted by Gasteiger charge is 2.22. The van der Waals surface area contributed by atoms with Gasteiger partial charge in [-0.2, -0.15) is 0 Å². The molecule has 0 heterocycles. The molecule has 0 spiro atoms. The molecule has 5 heteroatoms. The van der Waals surface area contributed by atoms with Gasteiger partial charge in [-0.1, -0.05) is 17.2 Å². The van der Waals surface area contributed by atoms with E-state index < -0.39 is 0 Å². The summed E-state index contributed by atoms with van der Waals surface area (Å²) in [7, 11) is 0. The number of allylic oxidation sites excluding steroid dienone is 1. The van der Waals surface area contributed by atoms with Gasteiger partial charge in [0.05, 0.1) is 10.7 Å². The van der Waals surface area contributed by atoms with E-state index >= 15 is 0 Å². The Morgan fingerprint density at radius 3 is 2.83 bits per heavy atom. The first-order valence-corrected chi connectivity index (χ1v) is 6.23. The van der Waals surface area contributed by atoms with E-state index in [0.717, 1.165) is 0 Å². The topological polar surface area (TPSA) is 67.2 Å². The van der Waals surface area contributed by atoms with Crippen LogP contribution in [0.2, 0.25) is 5.02 Å². The molecule has 1 aromatic rings. The lowest BCUT2D eigenvalue weighted by Crippen LogP contribution is -2.24. The van der Waals surface area contributed by atoms with Crippen LogP contribution in [0.1, 0.15) is 19.8 Å². The van der Waals surface area contributed by atoms with Gasteiger partial charge in [0.1, 0.15) is 0 Å². The minimum Gasteiger partial charge on any atom is -0.398 e. The highest BCUT2D eigenvalue weighted by Crippen LogP contribution is 2.35. The zero-order valence-electron chi connectivity index (χ0n) is 10.2. The third kappa shape index (κ3) is 3.40. The van der Waals surface area contributed by atoms with Crippen LogP contribution in [0.3, 0.4) is 0 Å². The van der Waals surface area contributed by atoms with E-state index in [2.05, 4.69) is 10.6 Å². The summed E-state index contributed by atoms with van der Waals surface area (Å²) < 4.78 is 0. The highest BCUT2D eigenvalue weighted by molar-refractivity contribution is 6.33. The van der Waals surface area contributed by atoms with Gasteiger partial charge >= 0.3 is 6.03 Å². The minimum atomic E-state index is -0.282. The molecule has 0 radical (unpaired) electrons. The van der Waals surface area contributed by atoms with Crippen molar-refractivity contribution < 1.29 is 4.79 Å². The molecular formula is C13H16ClN3O. The Kier molecular flexibility index (Phi) is 3.77.